The molecule has 0 amide bonds. The van der Waals surface area contributed by atoms with E-state index in [0.717, 1.165) is 32.4 Å². The van der Waals surface area contributed by atoms with Gasteiger partial charge >= 0.3 is 0 Å². The molecule has 1 aliphatic carbocycles. The van der Waals surface area contributed by atoms with Crippen LogP contribution >= 0.6 is 0 Å². The van der Waals surface area contributed by atoms with Gasteiger partial charge in [0.1, 0.15) is 0 Å². The summed E-state index contributed by atoms with van der Waals surface area (Å²) in [7, 11) is 0. The number of aromatic nitrogens is 1. The van der Waals surface area contributed by atoms with Crippen LogP contribution < -0.4 is 5.32 Å². The van der Waals surface area contributed by atoms with Gasteiger partial charge in [0.05, 0.1) is 25.9 Å². The van der Waals surface area contributed by atoms with Gasteiger partial charge in [0.2, 0.25) is 0 Å². The summed E-state index contributed by atoms with van der Waals surface area (Å²) in [5, 5.41) is 3.68. The molecular weight excluding hydrogens is 252 g/mol. The summed E-state index contributed by atoms with van der Waals surface area (Å²) in [4.78, 5) is 4.63. The maximum Gasteiger partial charge on any atom is 0.0968 e. The highest BCUT2D eigenvalue weighted by Gasteiger charge is 2.36. The third-order valence-corrected chi connectivity index (χ3v) is 4.31. The van der Waals surface area contributed by atoms with Crippen LogP contribution in [0.4, 0.5) is 0 Å². The number of hydrogen-bond donors (Lipinski definition) is 1. The van der Waals surface area contributed by atoms with Gasteiger partial charge in [-0.15, -0.1) is 0 Å². The first-order valence-electron chi connectivity index (χ1n) is 7.76. The minimum Gasteiger partial charge on any atom is -0.376 e. The zero-order valence-corrected chi connectivity index (χ0v) is 12.2. The van der Waals surface area contributed by atoms with E-state index in [4.69, 9.17) is 9.47 Å². The molecule has 0 spiro atoms. The van der Waals surface area contributed by atoms with Crippen molar-refractivity contribution in [3.63, 3.8) is 0 Å². The zero-order chi connectivity index (χ0) is 13.8. The van der Waals surface area contributed by atoms with Crippen molar-refractivity contribution in [3.05, 3.63) is 29.6 Å². The van der Waals surface area contributed by atoms with E-state index in [-0.39, 0.29) is 6.10 Å². The van der Waals surface area contributed by atoms with Crippen molar-refractivity contribution in [1.82, 2.24) is 10.3 Å². The Balaban J connectivity index is 1.78. The molecule has 4 heteroatoms. The third kappa shape index (κ3) is 2.87. The van der Waals surface area contributed by atoms with Gasteiger partial charge in [-0.3, -0.25) is 4.98 Å². The van der Waals surface area contributed by atoms with Crippen LogP contribution in [-0.2, 0) is 15.9 Å². The normalized spacial score (nSPS) is 27.2. The standard InChI is InChI=1S/C16H24N2O2/c1-2-7-17-16(14-11-19-9-10-20-14)13-6-5-12-4-3-8-18-15(12)13/h3-4,8,13-14,16-17H,2,5-7,9-11H2,1H3. The summed E-state index contributed by atoms with van der Waals surface area (Å²) in [6.07, 6.45) is 5.48. The van der Waals surface area contributed by atoms with Crippen LogP contribution in [0.2, 0.25) is 0 Å². The molecule has 20 heavy (non-hydrogen) atoms. The third-order valence-electron chi connectivity index (χ3n) is 4.31. The minimum atomic E-state index is 0.147. The van der Waals surface area contributed by atoms with Crippen molar-refractivity contribution in [1.29, 1.82) is 0 Å². The number of pyridine rings is 1. The quantitative estimate of drug-likeness (QED) is 0.892. The Bertz CT molecular complexity index is 432. The number of rotatable bonds is 5. The summed E-state index contributed by atoms with van der Waals surface area (Å²) < 4.78 is 11.6. The summed E-state index contributed by atoms with van der Waals surface area (Å²) in [5.41, 5.74) is 2.66. The average molecular weight is 276 g/mol. The molecule has 2 aliphatic rings. The molecule has 1 aliphatic heterocycles. The maximum absolute atomic E-state index is 5.95. The summed E-state index contributed by atoms with van der Waals surface area (Å²) >= 11 is 0. The molecule has 0 radical (unpaired) electrons. The molecule has 1 N–H and O–H groups in total. The van der Waals surface area contributed by atoms with Crippen molar-refractivity contribution in [2.45, 2.75) is 44.2 Å². The lowest BCUT2D eigenvalue weighted by Crippen LogP contribution is -2.50. The topological polar surface area (TPSA) is 43.4 Å². The van der Waals surface area contributed by atoms with Gasteiger partial charge in [0.25, 0.3) is 0 Å². The molecule has 1 fully saturated rings. The summed E-state index contributed by atoms with van der Waals surface area (Å²) in [6, 6.07) is 4.55. The SMILES string of the molecule is CCCNC(C1COCCO1)C1CCc2cccnc21. The van der Waals surface area contributed by atoms with Crippen molar-refractivity contribution >= 4 is 0 Å². The van der Waals surface area contributed by atoms with Gasteiger partial charge in [0, 0.05) is 23.9 Å². The first-order chi connectivity index (χ1) is 9.90. The van der Waals surface area contributed by atoms with E-state index >= 15 is 0 Å². The molecule has 110 valence electrons. The fourth-order valence-corrected chi connectivity index (χ4v) is 3.35. The van der Waals surface area contributed by atoms with Crippen molar-refractivity contribution in [3.8, 4) is 0 Å². The highest BCUT2D eigenvalue weighted by Crippen LogP contribution is 2.35. The summed E-state index contributed by atoms with van der Waals surface area (Å²) in [5.74, 6) is 0.449. The van der Waals surface area contributed by atoms with E-state index in [9.17, 15) is 0 Å². The Kier molecular flexibility index (Phi) is 4.65. The Hall–Kier alpha value is -0.970. The largest absolute Gasteiger partial charge is 0.376 e. The van der Waals surface area contributed by atoms with Crippen molar-refractivity contribution < 1.29 is 9.47 Å². The number of hydrogen-bond acceptors (Lipinski definition) is 4. The molecular formula is C16H24N2O2. The van der Waals surface area contributed by atoms with Crippen LogP contribution in [0, 0.1) is 0 Å². The van der Waals surface area contributed by atoms with E-state index in [2.05, 4.69) is 23.3 Å². The lowest BCUT2D eigenvalue weighted by Gasteiger charge is -2.34. The highest BCUT2D eigenvalue weighted by molar-refractivity contribution is 5.30. The molecule has 1 aromatic heterocycles. The van der Waals surface area contributed by atoms with Crippen LogP contribution in [-0.4, -0.2) is 43.5 Å². The number of aryl methyl sites for hydroxylation is 1. The van der Waals surface area contributed by atoms with Crippen LogP contribution in [0.15, 0.2) is 18.3 Å². The van der Waals surface area contributed by atoms with Crippen LogP contribution in [0.25, 0.3) is 0 Å². The van der Waals surface area contributed by atoms with Crippen LogP contribution in [0.3, 0.4) is 0 Å². The van der Waals surface area contributed by atoms with E-state index < -0.39 is 0 Å². The van der Waals surface area contributed by atoms with Crippen molar-refractivity contribution in [2.75, 3.05) is 26.4 Å². The molecule has 3 atom stereocenters. The number of nitrogens with one attached hydrogen (secondary N) is 1. The molecule has 3 rings (SSSR count). The maximum atomic E-state index is 5.95. The zero-order valence-electron chi connectivity index (χ0n) is 12.2. The van der Waals surface area contributed by atoms with Gasteiger partial charge in [0.15, 0.2) is 0 Å². The van der Waals surface area contributed by atoms with Crippen molar-refractivity contribution in [2.24, 2.45) is 0 Å². The molecule has 3 unspecified atom stereocenters. The fourth-order valence-electron chi connectivity index (χ4n) is 3.35. The lowest BCUT2D eigenvalue weighted by atomic mass is 9.92. The number of nitrogens with zero attached hydrogens (tertiary/aromatic N) is 1. The van der Waals surface area contributed by atoms with Crippen LogP contribution in [0.1, 0.15) is 36.9 Å². The second-order valence-corrected chi connectivity index (χ2v) is 5.66. The monoisotopic (exact) mass is 276 g/mol. The first-order valence-corrected chi connectivity index (χ1v) is 7.76. The van der Waals surface area contributed by atoms with Gasteiger partial charge in [-0.2, -0.15) is 0 Å². The smallest absolute Gasteiger partial charge is 0.0968 e. The van der Waals surface area contributed by atoms with Gasteiger partial charge in [-0.25, -0.2) is 0 Å². The molecule has 0 bridgehead atoms. The molecule has 0 aromatic carbocycles. The number of fused-ring (bicyclic) bond motifs is 1. The molecule has 2 heterocycles. The molecule has 1 saturated heterocycles. The average Bonchev–Trinajstić information content (AvgIpc) is 2.93. The van der Waals surface area contributed by atoms with Crippen LogP contribution in [0.5, 0.6) is 0 Å². The van der Waals surface area contributed by atoms with Gasteiger partial charge < -0.3 is 14.8 Å². The first kappa shape index (κ1) is 14.0. The lowest BCUT2D eigenvalue weighted by molar-refractivity contribution is -0.105. The Morgan fingerprint density at radius 3 is 3.20 bits per heavy atom. The second kappa shape index (κ2) is 6.66. The van der Waals surface area contributed by atoms with Gasteiger partial charge in [-0.05, 0) is 37.4 Å². The summed E-state index contributed by atoms with van der Waals surface area (Å²) in [6.45, 7) is 5.33. The van der Waals surface area contributed by atoms with E-state index in [1.807, 2.05) is 12.3 Å². The highest BCUT2D eigenvalue weighted by atomic mass is 16.6. The number of ether oxygens (including phenoxy) is 2. The van der Waals surface area contributed by atoms with E-state index in [1.165, 1.54) is 11.3 Å². The Morgan fingerprint density at radius 1 is 1.45 bits per heavy atom. The Morgan fingerprint density at radius 2 is 2.40 bits per heavy atom. The van der Waals surface area contributed by atoms with E-state index in [0.29, 0.717) is 25.2 Å². The van der Waals surface area contributed by atoms with E-state index in [1.54, 1.807) is 0 Å². The minimum absolute atomic E-state index is 0.147. The predicted molar refractivity (Wildman–Crippen MR) is 77.9 cm³/mol. The second-order valence-electron chi connectivity index (χ2n) is 5.66. The molecule has 4 nitrogen and oxygen atoms in total. The fraction of sp³-hybridized carbons (Fsp3) is 0.688. The Labute approximate surface area is 120 Å². The molecule has 0 saturated carbocycles. The van der Waals surface area contributed by atoms with Gasteiger partial charge in [-0.1, -0.05) is 13.0 Å². The predicted octanol–water partition coefficient (Wildman–Crippen LogP) is 1.89. The molecule has 1 aromatic rings.